The van der Waals surface area contributed by atoms with Gasteiger partial charge in [0.25, 0.3) is 0 Å². The van der Waals surface area contributed by atoms with E-state index in [4.69, 9.17) is 0 Å². The fourth-order valence-corrected chi connectivity index (χ4v) is 1.09. The Morgan fingerprint density at radius 1 is 1.25 bits per heavy atom. The number of aromatic nitrogens is 1. The topological polar surface area (TPSA) is 24.9 Å². The Morgan fingerprint density at radius 3 is 2.38 bits per heavy atom. The first-order valence-corrected chi connectivity index (χ1v) is 5.10. The van der Waals surface area contributed by atoms with Crippen LogP contribution in [0.15, 0.2) is 18.3 Å². The van der Waals surface area contributed by atoms with Crippen molar-refractivity contribution in [3.63, 3.8) is 0 Å². The van der Waals surface area contributed by atoms with Crippen LogP contribution in [0.2, 0.25) is 0 Å². The van der Waals surface area contributed by atoms with Gasteiger partial charge in [-0.05, 0) is 25.0 Å². The van der Waals surface area contributed by atoms with Crippen molar-refractivity contribution in [1.29, 1.82) is 0 Å². The van der Waals surface area contributed by atoms with Gasteiger partial charge in [-0.3, -0.25) is 0 Å². The van der Waals surface area contributed by atoms with Gasteiger partial charge >= 0.3 is 6.18 Å². The molecule has 0 amide bonds. The van der Waals surface area contributed by atoms with Crippen LogP contribution >= 0.6 is 0 Å². The molecule has 0 aliphatic heterocycles. The monoisotopic (exact) mass is 232 g/mol. The lowest BCUT2D eigenvalue weighted by molar-refractivity contribution is -0.137. The van der Waals surface area contributed by atoms with Crippen molar-refractivity contribution >= 4 is 5.82 Å². The summed E-state index contributed by atoms with van der Waals surface area (Å²) in [4.78, 5) is 3.86. The van der Waals surface area contributed by atoms with Crippen molar-refractivity contribution in [2.24, 2.45) is 5.92 Å². The van der Waals surface area contributed by atoms with Crippen LogP contribution in [-0.2, 0) is 6.18 Å². The molecular weight excluding hydrogens is 217 g/mol. The Balaban J connectivity index is 2.83. The molecule has 1 aromatic rings. The fraction of sp³-hybridized carbons (Fsp3) is 0.545. The lowest BCUT2D eigenvalue weighted by Gasteiger charge is -2.18. The number of hydrogen-bond donors (Lipinski definition) is 1. The van der Waals surface area contributed by atoms with Gasteiger partial charge in [0.1, 0.15) is 5.82 Å². The van der Waals surface area contributed by atoms with Crippen LogP contribution in [-0.4, -0.2) is 11.0 Å². The lowest BCUT2D eigenvalue weighted by atomic mass is 10.1. The van der Waals surface area contributed by atoms with E-state index in [0.29, 0.717) is 5.92 Å². The molecule has 0 spiro atoms. The maximum absolute atomic E-state index is 12.4. The minimum atomic E-state index is -4.32. The van der Waals surface area contributed by atoms with Crippen LogP contribution in [0.25, 0.3) is 0 Å². The smallest absolute Gasteiger partial charge is 0.367 e. The third-order valence-corrected chi connectivity index (χ3v) is 2.46. The first-order valence-electron chi connectivity index (χ1n) is 5.10. The van der Waals surface area contributed by atoms with Crippen LogP contribution in [0.5, 0.6) is 0 Å². The van der Waals surface area contributed by atoms with Crippen molar-refractivity contribution in [1.82, 2.24) is 4.98 Å². The normalized spacial score (nSPS) is 13.9. The second-order valence-electron chi connectivity index (χ2n) is 4.10. The number of nitrogens with one attached hydrogen (secondary N) is 1. The Morgan fingerprint density at radius 2 is 1.88 bits per heavy atom. The van der Waals surface area contributed by atoms with E-state index in [-0.39, 0.29) is 11.9 Å². The zero-order chi connectivity index (χ0) is 12.3. The average molecular weight is 232 g/mol. The van der Waals surface area contributed by atoms with Crippen LogP contribution in [0.1, 0.15) is 26.3 Å². The Labute approximate surface area is 92.9 Å². The van der Waals surface area contributed by atoms with Crippen molar-refractivity contribution in [2.75, 3.05) is 5.32 Å². The fourth-order valence-electron chi connectivity index (χ4n) is 1.09. The minimum Gasteiger partial charge on any atom is -0.367 e. The highest BCUT2D eigenvalue weighted by atomic mass is 19.4. The predicted octanol–water partition coefficient (Wildman–Crippen LogP) is 3.56. The molecule has 0 aliphatic rings. The molecule has 0 saturated heterocycles. The van der Waals surface area contributed by atoms with Crippen molar-refractivity contribution in [2.45, 2.75) is 33.0 Å². The number of hydrogen-bond acceptors (Lipinski definition) is 2. The van der Waals surface area contributed by atoms with Crippen molar-refractivity contribution in [3.8, 4) is 0 Å². The zero-order valence-electron chi connectivity index (χ0n) is 9.47. The van der Waals surface area contributed by atoms with Gasteiger partial charge in [0.05, 0.1) is 5.56 Å². The second-order valence-corrected chi connectivity index (χ2v) is 4.10. The minimum absolute atomic E-state index is 0.0796. The van der Waals surface area contributed by atoms with Crippen LogP contribution in [0.3, 0.4) is 0 Å². The molecule has 1 heterocycles. The number of rotatable bonds is 3. The van der Waals surface area contributed by atoms with Gasteiger partial charge in [-0.25, -0.2) is 4.98 Å². The highest BCUT2D eigenvalue weighted by Crippen LogP contribution is 2.30. The molecule has 16 heavy (non-hydrogen) atoms. The quantitative estimate of drug-likeness (QED) is 0.861. The summed E-state index contributed by atoms with van der Waals surface area (Å²) < 4.78 is 37.2. The first kappa shape index (κ1) is 12.8. The first-order chi connectivity index (χ1) is 7.30. The van der Waals surface area contributed by atoms with E-state index in [9.17, 15) is 13.2 Å². The largest absolute Gasteiger partial charge is 0.416 e. The summed E-state index contributed by atoms with van der Waals surface area (Å²) in [6.07, 6.45) is -3.15. The second kappa shape index (κ2) is 4.72. The third-order valence-electron chi connectivity index (χ3n) is 2.46. The number of pyridine rings is 1. The van der Waals surface area contributed by atoms with Gasteiger partial charge in [0.15, 0.2) is 0 Å². The van der Waals surface area contributed by atoms with E-state index >= 15 is 0 Å². The maximum atomic E-state index is 12.4. The molecule has 1 atom stereocenters. The standard InChI is InChI=1S/C11H15F3N2/c1-7(2)8(3)16-10-6-9(4-5-15-10)11(12,13)14/h4-8H,1-3H3,(H,15,16). The molecule has 90 valence electrons. The van der Waals surface area contributed by atoms with E-state index in [1.165, 1.54) is 0 Å². The molecule has 0 aliphatic carbocycles. The Hall–Kier alpha value is -1.26. The van der Waals surface area contributed by atoms with Gasteiger partial charge in [-0.1, -0.05) is 13.8 Å². The van der Waals surface area contributed by atoms with E-state index < -0.39 is 11.7 Å². The van der Waals surface area contributed by atoms with Gasteiger partial charge in [-0.2, -0.15) is 13.2 Å². The summed E-state index contributed by atoms with van der Waals surface area (Å²) in [5.74, 6) is 0.590. The van der Waals surface area contributed by atoms with Crippen LogP contribution < -0.4 is 5.32 Å². The zero-order valence-corrected chi connectivity index (χ0v) is 9.47. The highest BCUT2D eigenvalue weighted by Gasteiger charge is 2.30. The molecule has 1 unspecified atom stereocenters. The summed E-state index contributed by atoms with van der Waals surface area (Å²) >= 11 is 0. The number of alkyl halides is 3. The number of halogens is 3. The van der Waals surface area contributed by atoms with Gasteiger partial charge in [-0.15, -0.1) is 0 Å². The van der Waals surface area contributed by atoms with E-state index in [2.05, 4.69) is 10.3 Å². The molecule has 0 bridgehead atoms. The molecular formula is C11H15F3N2. The molecule has 0 aromatic carbocycles. The van der Waals surface area contributed by atoms with Crippen molar-refractivity contribution < 1.29 is 13.2 Å². The molecule has 1 rings (SSSR count). The van der Waals surface area contributed by atoms with E-state index in [1.54, 1.807) is 0 Å². The molecule has 2 nitrogen and oxygen atoms in total. The van der Waals surface area contributed by atoms with E-state index in [0.717, 1.165) is 18.3 Å². The summed E-state index contributed by atoms with van der Waals surface area (Å²) in [6, 6.07) is 2.07. The average Bonchev–Trinajstić information content (AvgIpc) is 2.16. The summed E-state index contributed by atoms with van der Waals surface area (Å²) in [5, 5.41) is 2.94. The third kappa shape index (κ3) is 3.40. The molecule has 1 N–H and O–H groups in total. The summed E-state index contributed by atoms with van der Waals surface area (Å²) in [7, 11) is 0. The molecule has 0 radical (unpaired) electrons. The molecule has 0 fully saturated rings. The molecule has 1 aromatic heterocycles. The Kier molecular flexibility index (Phi) is 3.78. The summed E-state index contributed by atoms with van der Waals surface area (Å²) in [6.45, 7) is 5.89. The van der Waals surface area contributed by atoms with Gasteiger partial charge < -0.3 is 5.32 Å². The highest BCUT2D eigenvalue weighted by molar-refractivity contribution is 5.39. The molecule has 0 saturated carbocycles. The molecule has 5 heteroatoms. The number of anilines is 1. The van der Waals surface area contributed by atoms with Gasteiger partial charge in [0, 0.05) is 12.2 Å². The Bertz CT molecular complexity index is 347. The SMILES string of the molecule is CC(C)C(C)Nc1cc(C(F)(F)F)ccn1. The van der Waals surface area contributed by atoms with Crippen LogP contribution in [0.4, 0.5) is 19.0 Å². The summed E-state index contributed by atoms with van der Waals surface area (Å²) in [5.41, 5.74) is -0.680. The lowest BCUT2D eigenvalue weighted by Crippen LogP contribution is -2.22. The maximum Gasteiger partial charge on any atom is 0.416 e. The van der Waals surface area contributed by atoms with E-state index in [1.807, 2.05) is 20.8 Å². The van der Waals surface area contributed by atoms with Crippen molar-refractivity contribution in [3.05, 3.63) is 23.9 Å². The number of nitrogens with zero attached hydrogens (tertiary/aromatic N) is 1. The van der Waals surface area contributed by atoms with Gasteiger partial charge in [0.2, 0.25) is 0 Å². The van der Waals surface area contributed by atoms with Crippen LogP contribution in [0, 0.1) is 5.92 Å². The predicted molar refractivity (Wildman–Crippen MR) is 57.2 cm³/mol.